The fraction of sp³-hybridized carbons (Fsp3) is 0.500. The van der Waals surface area contributed by atoms with Crippen molar-refractivity contribution in [3.8, 4) is 11.1 Å². The van der Waals surface area contributed by atoms with Crippen molar-refractivity contribution >= 4 is 17.1 Å². The largest absolute Gasteiger partial charge is 0.373 e. The van der Waals surface area contributed by atoms with Crippen LogP contribution in [0.2, 0.25) is 0 Å². The zero-order valence-electron chi connectivity index (χ0n) is 23.1. The van der Waals surface area contributed by atoms with E-state index >= 15 is 0 Å². The fourth-order valence-electron chi connectivity index (χ4n) is 6.30. The molecule has 0 radical (unpaired) electrons. The van der Waals surface area contributed by atoms with Crippen LogP contribution in [0.25, 0.3) is 11.1 Å². The summed E-state index contributed by atoms with van der Waals surface area (Å²) in [4.78, 5) is 7.64. The van der Waals surface area contributed by atoms with E-state index in [1.165, 1.54) is 50.4 Å². The summed E-state index contributed by atoms with van der Waals surface area (Å²) < 4.78 is 0. The van der Waals surface area contributed by atoms with E-state index in [0.717, 1.165) is 51.7 Å². The van der Waals surface area contributed by atoms with Gasteiger partial charge in [0.2, 0.25) is 0 Å². The monoisotopic (exact) mass is 471 g/mol. The van der Waals surface area contributed by atoms with Crippen molar-refractivity contribution in [3.63, 3.8) is 0 Å². The molecule has 0 bridgehead atoms. The number of hydrogen-bond donors (Lipinski definition) is 0. The van der Waals surface area contributed by atoms with Crippen molar-refractivity contribution in [2.45, 2.75) is 65.7 Å². The van der Waals surface area contributed by atoms with E-state index < -0.39 is 0 Å². The van der Waals surface area contributed by atoms with E-state index in [0.29, 0.717) is 5.92 Å². The molecule has 2 aliphatic carbocycles. The Morgan fingerprint density at radius 2 is 1.29 bits per heavy atom. The van der Waals surface area contributed by atoms with Crippen LogP contribution in [-0.4, -0.2) is 40.8 Å². The van der Waals surface area contributed by atoms with Crippen LogP contribution in [0, 0.1) is 0 Å². The maximum absolute atomic E-state index is 2.55. The number of nitrogens with zero attached hydrogens (tertiary/aromatic N) is 3. The molecular weight excluding hydrogens is 426 g/mol. The van der Waals surface area contributed by atoms with Crippen molar-refractivity contribution in [1.82, 2.24) is 0 Å². The molecule has 2 aromatic carbocycles. The highest BCUT2D eigenvalue weighted by Gasteiger charge is 2.36. The standard InChI is InChI=1S/C32H45N3/c1-8-19-33(5)30-26-22-25-18-14-17-23(11-4)27(25)29(26)28(24-15-12-13-16-24)31(34(6)20-9-2)32(30)35(7)21-10-3/h12-18,24H,8-11,19-22H2,1-7H3. The second-order valence-electron chi connectivity index (χ2n) is 10.4. The number of benzene rings is 2. The smallest absolute Gasteiger partial charge is 0.0845 e. The van der Waals surface area contributed by atoms with Gasteiger partial charge in [0, 0.05) is 53.1 Å². The summed E-state index contributed by atoms with van der Waals surface area (Å²) in [5.41, 5.74) is 13.3. The predicted molar refractivity (Wildman–Crippen MR) is 156 cm³/mol. The second-order valence-corrected chi connectivity index (χ2v) is 10.4. The quantitative estimate of drug-likeness (QED) is 0.285. The Morgan fingerprint density at radius 3 is 1.86 bits per heavy atom. The van der Waals surface area contributed by atoms with Gasteiger partial charge in [-0.2, -0.15) is 0 Å². The third kappa shape index (κ3) is 4.50. The number of hydrogen-bond acceptors (Lipinski definition) is 3. The molecule has 35 heavy (non-hydrogen) atoms. The van der Waals surface area contributed by atoms with E-state index in [9.17, 15) is 0 Å². The maximum Gasteiger partial charge on any atom is 0.0845 e. The molecular formula is C32H45N3. The summed E-state index contributed by atoms with van der Waals surface area (Å²) in [6.45, 7) is 12.4. The predicted octanol–water partition coefficient (Wildman–Crippen LogP) is 7.57. The van der Waals surface area contributed by atoms with Gasteiger partial charge in [-0.05, 0) is 59.1 Å². The van der Waals surface area contributed by atoms with Crippen molar-refractivity contribution in [3.05, 3.63) is 64.8 Å². The lowest BCUT2D eigenvalue weighted by Crippen LogP contribution is -2.30. The lowest BCUT2D eigenvalue weighted by Gasteiger charge is -2.38. The van der Waals surface area contributed by atoms with Gasteiger partial charge in [0.15, 0.2) is 0 Å². The molecule has 0 atom stereocenters. The van der Waals surface area contributed by atoms with Crippen molar-refractivity contribution < 1.29 is 0 Å². The van der Waals surface area contributed by atoms with Crippen LogP contribution in [0.1, 0.15) is 75.1 Å². The molecule has 2 aromatic rings. The molecule has 0 amide bonds. The minimum atomic E-state index is 0.313. The molecule has 0 aromatic heterocycles. The van der Waals surface area contributed by atoms with Crippen LogP contribution in [-0.2, 0) is 12.8 Å². The fourth-order valence-corrected chi connectivity index (χ4v) is 6.30. The summed E-state index contributed by atoms with van der Waals surface area (Å²) in [6, 6.07) is 6.98. The highest BCUT2D eigenvalue weighted by molar-refractivity contribution is 6.00. The van der Waals surface area contributed by atoms with Crippen LogP contribution < -0.4 is 14.7 Å². The Bertz CT molecular complexity index is 1100. The molecule has 0 spiro atoms. The zero-order valence-corrected chi connectivity index (χ0v) is 23.1. The summed E-state index contributed by atoms with van der Waals surface area (Å²) in [6.07, 6.45) is 14.8. The first-order valence-corrected chi connectivity index (χ1v) is 13.8. The first-order valence-electron chi connectivity index (χ1n) is 13.8. The minimum Gasteiger partial charge on any atom is -0.373 e. The van der Waals surface area contributed by atoms with Crippen molar-refractivity contribution in [1.29, 1.82) is 0 Å². The first kappa shape index (κ1) is 25.4. The van der Waals surface area contributed by atoms with Gasteiger partial charge in [0.25, 0.3) is 0 Å². The van der Waals surface area contributed by atoms with Gasteiger partial charge in [0.1, 0.15) is 0 Å². The van der Waals surface area contributed by atoms with E-state index in [1.807, 2.05) is 0 Å². The average molecular weight is 472 g/mol. The Labute approximate surface area is 214 Å². The summed E-state index contributed by atoms with van der Waals surface area (Å²) in [5, 5.41) is 0. The summed E-state index contributed by atoms with van der Waals surface area (Å²) in [5.74, 6) is 0.313. The minimum absolute atomic E-state index is 0.313. The van der Waals surface area contributed by atoms with E-state index in [-0.39, 0.29) is 0 Å². The Kier molecular flexibility index (Phi) is 7.94. The molecule has 0 heterocycles. The average Bonchev–Trinajstić information content (AvgIpc) is 3.51. The number of allylic oxidation sites excluding steroid dienone is 4. The molecule has 2 aliphatic rings. The molecule has 0 N–H and O–H groups in total. The van der Waals surface area contributed by atoms with E-state index in [1.54, 1.807) is 0 Å². The van der Waals surface area contributed by atoms with Gasteiger partial charge >= 0.3 is 0 Å². The second kappa shape index (κ2) is 10.9. The molecule has 3 heteroatoms. The van der Waals surface area contributed by atoms with E-state index in [4.69, 9.17) is 0 Å². The Balaban J connectivity index is 2.17. The molecule has 0 fully saturated rings. The topological polar surface area (TPSA) is 9.72 Å². The van der Waals surface area contributed by atoms with Gasteiger partial charge in [-0.3, -0.25) is 0 Å². The van der Waals surface area contributed by atoms with Crippen LogP contribution in [0.5, 0.6) is 0 Å². The number of aryl methyl sites for hydroxylation is 1. The van der Waals surface area contributed by atoms with Crippen LogP contribution in [0.3, 0.4) is 0 Å². The third-order valence-corrected chi connectivity index (χ3v) is 7.70. The number of anilines is 3. The first-order chi connectivity index (χ1) is 17.0. The molecule has 0 unspecified atom stereocenters. The van der Waals surface area contributed by atoms with Crippen molar-refractivity contribution in [2.75, 3.05) is 55.5 Å². The highest BCUT2D eigenvalue weighted by atomic mass is 15.2. The normalized spacial score (nSPS) is 13.9. The third-order valence-electron chi connectivity index (χ3n) is 7.70. The summed E-state index contributed by atoms with van der Waals surface area (Å²) >= 11 is 0. The van der Waals surface area contributed by atoms with Crippen LogP contribution >= 0.6 is 0 Å². The maximum atomic E-state index is 2.55. The number of rotatable bonds is 11. The van der Waals surface area contributed by atoms with E-state index in [2.05, 4.69) is 106 Å². The lowest BCUT2D eigenvalue weighted by molar-refractivity contribution is 0.806. The van der Waals surface area contributed by atoms with Gasteiger partial charge in [-0.15, -0.1) is 0 Å². The number of fused-ring (bicyclic) bond motifs is 3. The lowest BCUT2D eigenvalue weighted by atomic mass is 9.84. The summed E-state index contributed by atoms with van der Waals surface area (Å²) in [7, 11) is 6.93. The van der Waals surface area contributed by atoms with Crippen LogP contribution in [0.4, 0.5) is 17.1 Å². The molecule has 4 rings (SSSR count). The van der Waals surface area contributed by atoms with Gasteiger partial charge in [-0.1, -0.05) is 70.2 Å². The van der Waals surface area contributed by atoms with Gasteiger partial charge < -0.3 is 14.7 Å². The van der Waals surface area contributed by atoms with Crippen molar-refractivity contribution in [2.24, 2.45) is 0 Å². The molecule has 0 saturated carbocycles. The zero-order chi connectivity index (χ0) is 25.1. The molecule has 188 valence electrons. The Hall–Kier alpha value is -2.68. The molecule has 0 aliphatic heterocycles. The van der Waals surface area contributed by atoms with Crippen LogP contribution in [0.15, 0.2) is 42.5 Å². The SMILES string of the molecule is CCCN(C)c1c2c(c(C3C=CC=C3)c(N(C)CCC)c1N(C)CCC)-c1c(CC)cccc1C2. The van der Waals surface area contributed by atoms with Gasteiger partial charge in [-0.25, -0.2) is 0 Å². The molecule has 3 nitrogen and oxygen atoms in total. The molecule has 0 saturated heterocycles. The van der Waals surface area contributed by atoms with Gasteiger partial charge in [0.05, 0.1) is 17.1 Å². The highest BCUT2D eigenvalue weighted by Crippen LogP contribution is 2.56. The Morgan fingerprint density at radius 1 is 0.714 bits per heavy atom.